The van der Waals surface area contributed by atoms with Crippen LogP contribution >= 0.6 is 11.6 Å². The molecule has 17 heavy (non-hydrogen) atoms. The van der Waals surface area contributed by atoms with Crippen molar-refractivity contribution >= 4 is 11.6 Å². The molecule has 0 amide bonds. The van der Waals surface area contributed by atoms with Gasteiger partial charge >= 0.3 is 0 Å². The van der Waals surface area contributed by atoms with Gasteiger partial charge in [-0.1, -0.05) is 43.0 Å². The normalized spacial score (nSPS) is 19.2. The van der Waals surface area contributed by atoms with Gasteiger partial charge in [-0.2, -0.15) is 0 Å². The van der Waals surface area contributed by atoms with Gasteiger partial charge in [-0.25, -0.2) is 0 Å². The first kappa shape index (κ1) is 12.9. The van der Waals surface area contributed by atoms with Crippen LogP contribution in [0.4, 0.5) is 0 Å². The van der Waals surface area contributed by atoms with Crippen LogP contribution < -0.4 is 11.1 Å². The zero-order chi connectivity index (χ0) is 12.1. The van der Waals surface area contributed by atoms with Crippen LogP contribution in [0.3, 0.4) is 0 Å². The summed E-state index contributed by atoms with van der Waals surface area (Å²) in [5.74, 6) is 0. The average Bonchev–Trinajstić information content (AvgIpc) is 2.37. The third-order valence-corrected chi connectivity index (χ3v) is 3.74. The van der Waals surface area contributed by atoms with Crippen molar-refractivity contribution < 1.29 is 0 Å². The number of hydrogen-bond acceptors (Lipinski definition) is 2. The minimum Gasteiger partial charge on any atom is -0.323 e. The Morgan fingerprint density at radius 3 is 2.76 bits per heavy atom. The third kappa shape index (κ3) is 3.98. The smallest absolute Gasteiger partial charge is 0.0422 e. The van der Waals surface area contributed by atoms with E-state index in [-0.39, 0.29) is 6.04 Å². The lowest BCUT2D eigenvalue weighted by Crippen LogP contribution is -2.36. The molecule has 1 atom stereocenters. The molecule has 3 N–H and O–H groups in total. The van der Waals surface area contributed by atoms with Gasteiger partial charge in [0.1, 0.15) is 0 Å². The van der Waals surface area contributed by atoms with Crippen molar-refractivity contribution in [2.75, 3.05) is 6.54 Å². The van der Waals surface area contributed by atoms with E-state index in [0.29, 0.717) is 6.04 Å². The van der Waals surface area contributed by atoms with E-state index in [1.165, 1.54) is 32.1 Å². The summed E-state index contributed by atoms with van der Waals surface area (Å²) in [4.78, 5) is 0. The molecule has 0 heterocycles. The van der Waals surface area contributed by atoms with Gasteiger partial charge in [-0.3, -0.25) is 0 Å². The monoisotopic (exact) mass is 252 g/mol. The Kier molecular flexibility index (Phi) is 4.84. The van der Waals surface area contributed by atoms with Gasteiger partial charge in [-0.15, -0.1) is 0 Å². The summed E-state index contributed by atoms with van der Waals surface area (Å²) in [5.41, 5.74) is 7.27. The Balaban J connectivity index is 1.82. The number of hydrogen-bond donors (Lipinski definition) is 2. The number of nitrogens with two attached hydrogens (primary N) is 1. The second-order valence-electron chi connectivity index (χ2n) is 4.90. The van der Waals surface area contributed by atoms with Crippen molar-refractivity contribution in [2.45, 2.75) is 44.2 Å². The van der Waals surface area contributed by atoms with E-state index in [1.54, 1.807) is 0 Å². The predicted molar refractivity (Wildman–Crippen MR) is 73.3 cm³/mol. The van der Waals surface area contributed by atoms with Gasteiger partial charge < -0.3 is 11.1 Å². The van der Waals surface area contributed by atoms with E-state index in [0.717, 1.165) is 17.1 Å². The molecule has 2 rings (SSSR count). The highest BCUT2D eigenvalue weighted by Crippen LogP contribution is 2.19. The molecular weight excluding hydrogens is 232 g/mol. The maximum absolute atomic E-state index is 6.16. The maximum atomic E-state index is 6.16. The minimum absolute atomic E-state index is 0.0376. The van der Waals surface area contributed by atoms with Crippen molar-refractivity contribution in [2.24, 2.45) is 5.73 Å². The SMILES string of the molecule is NC(CNC1CCCCC1)c1cccc(Cl)c1. The average molecular weight is 253 g/mol. The molecule has 2 nitrogen and oxygen atoms in total. The molecule has 0 bridgehead atoms. The van der Waals surface area contributed by atoms with Gasteiger partial charge in [-0.05, 0) is 30.5 Å². The molecule has 1 aliphatic carbocycles. The molecule has 3 heteroatoms. The standard InChI is InChI=1S/C14H21ClN2/c15-12-6-4-5-11(9-12)14(16)10-17-13-7-2-1-3-8-13/h4-6,9,13-14,17H,1-3,7-8,10,16H2. The van der Waals surface area contributed by atoms with Crippen LogP contribution in [-0.2, 0) is 0 Å². The van der Waals surface area contributed by atoms with E-state index in [1.807, 2.05) is 24.3 Å². The highest BCUT2D eigenvalue weighted by atomic mass is 35.5. The Labute approximate surface area is 109 Å². The van der Waals surface area contributed by atoms with Crippen molar-refractivity contribution in [3.63, 3.8) is 0 Å². The van der Waals surface area contributed by atoms with Crippen molar-refractivity contribution in [1.29, 1.82) is 0 Å². The number of rotatable bonds is 4. The highest BCUT2D eigenvalue weighted by molar-refractivity contribution is 6.30. The van der Waals surface area contributed by atoms with Crippen LogP contribution in [-0.4, -0.2) is 12.6 Å². The van der Waals surface area contributed by atoms with Crippen LogP contribution in [0.1, 0.15) is 43.7 Å². The second kappa shape index (κ2) is 6.39. The van der Waals surface area contributed by atoms with Crippen LogP contribution in [0.25, 0.3) is 0 Å². The first-order valence-electron chi connectivity index (χ1n) is 6.50. The molecule has 1 unspecified atom stereocenters. The zero-order valence-electron chi connectivity index (χ0n) is 10.2. The molecule has 1 fully saturated rings. The Hall–Kier alpha value is -0.570. The van der Waals surface area contributed by atoms with Gasteiger partial charge in [0.2, 0.25) is 0 Å². The summed E-state index contributed by atoms with van der Waals surface area (Å²) in [7, 11) is 0. The van der Waals surface area contributed by atoms with Crippen LogP contribution in [0, 0.1) is 0 Å². The summed E-state index contributed by atoms with van der Waals surface area (Å²) in [6, 6.07) is 8.53. The number of benzene rings is 1. The van der Waals surface area contributed by atoms with E-state index >= 15 is 0 Å². The fourth-order valence-electron chi connectivity index (χ4n) is 2.46. The lowest BCUT2D eigenvalue weighted by Gasteiger charge is -2.24. The van der Waals surface area contributed by atoms with Gasteiger partial charge in [0, 0.05) is 23.7 Å². The Bertz CT molecular complexity index is 348. The Morgan fingerprint density at radius 1 is 1.29 bits per heavy atom. The van der Waals surface area contributed by atoms with Crippen LogP contribution in [0.15, 0.2) is 24.3 Å². The maximum Gasteiger partial charge on any atom is 0.0422 e. The Morgan fingerprint density at radius 2 is 2.06 bits per heavy atom. The molecular formula is C14H21ClN2. The van der Waals surface area contributed by atoms with E-state index in [9.17, 15) is 0 Å². The minimum atomic E-state index is 0.0376. The quantitative estimate of drug-likeness (QED) is 0.863. The molecule has 94 valence electrons. The largest absolute Gasteiger partial charge is 0.323 e. The van der Waals surface area contributed by atoms with Crippen molar-refractivity contribution in [3.8, 4) is 0 Å². The fraction of sp³-hybridized carbons (Fsp3) is 0.571. The first-order chi connectivity index (χ1) is 8.25. The van der Waals surface area contributed by atoms with E-state index < -0.39 is 0 Å². The number of nitrogens with one attached hydrogen (secondary N) is 1. The summed E-state index contributed by atoms with van der Waals surface area (Å²) in [6.07, 6.45) is 6.68. The highest BCUT2D eigenvalue weighted by Gasteiger charge is 2.14. The second-order valence-corrected chi connectivity index (χ2v) is 5.34. The third-order valence-electron chi connectivity index (χ3n) is 3.51. The molecule has 0 saturated heterocycles. The molecule has 1 aromatic carbocycles. The van der Waals surface area contributed by atoms with Crippen LogP contribution in [0.5, 0.6) is 0 Å². The van der Waals surface area contributed by atoms with Crippen molar-refractivity contribution in [1.82, 2.24) is 5.32 Å². The van der Waals surface area contributed by atoms with E-state index in [2.05, 4.69) is 5.32 Å². The summed E-state index contributed by atoms with van der Waals surface area (Å²) in [5, 5.41) is 4.33. The molecule has 0 aliphatic heterocycles. The topological polar surface area (TPSA) is 38.0 Å². The molecule has 0 radical (unpaired) electrons. The molecule has 1 saturated carbocycles. The molecule has 0 spiro atoms. The van der Waals surface area contributed by atoms with E-state index in [4.69, 9.17) is 17.3 Å². The lowest BCUT2D eigenvalue weighted by molar-refractivity contribution is 0.366. The first-order valence-corrected chi connectivity index (χ1v) is 6.88. The van der Waals surface area contributed by atoms with Gasteiger partial charge in [0.15, 0.2) is 0 Å². The summed E-state index contributed by atoms with van der Waals surface area (Å²) >= 11 is 5.96. The zero-order valence-corrected chi connectivity index (χ0v) is 10.9. The summed E-state index contributed by atoms with van der Waals surface area (Å²) in [6.45, 7) is 0.838. The van der Waals surface area contributed by atoms with Crippen LogP contribution in [0.2, 0.25) is 5.02 Å². The number of halogens is 1. The van der Waals surface area contributed by atoms with Gasteiger partial charge in [0.25, 0.3) is 0 Å². The predicted octanol–water partition coefficient (Wildman–Crippen LogP) is 3.26. The molecule has 1 aromatic rings. The molecule has 1 aliphatic rings. The van der Waals surface area contributed by atoms with Crippen molar-refractivity contribution in [3.05, 3.63) is 34.9 Å². The molecule has 0 aromatic heterocycles. The fourth-order valence-corrected chi connectivity index (χ4v) is 2.65. The van der Waals surface area contributed by atoms with Gasteiger partial charge in [0.05, 0.1) is 0 Å². The summed E-state index contributed by atoms with van der Waals surface area (Å²) < 4.78 is 0. The lowest BCUT2D eigenvalue weighted by atomic mass is 9.95.